The molecule has 0 fully saturated rings. The number of aliphatic hydroxyl groups excluding tert-OH is 2. The van der Waals surface area contributed by atoms with Crippen molar-refractivity contribution in [2.75, 3.05) is 20.8 Å². The van der Waals surface area contributed by atoms with Crippen LogP contribution in [0.15, 0.2) is 12.1 Å². The molecule has 2 atom stereocenters. The molecule has 1 aromatic carbocycles. The summed E-state index contributed by atoms with van der Waals surface area (Å²) < 4.78 is 10.2. The Morgan fingerprint density at radius 1 is 1.29 bits per heavy atom. The molecule has 0 aliphatic carbocycles. The van der Waals surface area contributed by atoms with Gasteiger partial charge in [0.2, 0.25) is 5.91 Å². The minimum Gasteiger partial charge on any atom is -0.496 e. The van der Waals surface area contributed by atoms with Gasteiger partial charge in [0.05, 0.1) is 19.8 Å². The van der Waals surface area contributed by atoms with E-state index in [0.717, 1.165) is 0 Å². The fraction of sp³-hybridized carbons (Fsp3) is 0.429. The van der Waals surface area contributed by atoms with E-state index in [9.17, 15) is 19.8 Å². The van der Waals surface area contributed by atoms with Crippen LogP contribution in [0.5, 0.6) is 11.5 Å². The van der Waals surface area contributed by atoms with Gasteiger partial charge in [0.15, 0.2) is 6.29 Å². The van der Waals surface area contributed by atoms with Gasteiger partial charge in [0.25, 0.3) is 0 Å². The number of hydrogen-bond acceptors (Lipinski definition) is 6. The molecule has 0 saturated carbocycles. The maximum atomic E-state index is 11.0. The highest BCUT2D eigenvalue weighted by molar-refractivity contribution is 5.80. The Bertz CT molecular complexity index is 516. The summed E-state index contributed by atoms with van der Waals surface area (Å²) in [6.45, 7) is 1.19. The minimum absolute atomic E-state index is 0.114. The van der Waals surface area contributed by atoms with Crippen LogP contribution < -0.4 is 14.8 Å². The number of carbonyl (C=O) groups excluding carboxylic acids is 2. The molecule has 2 unspecified atom stereocenters. The second kappa shape index (κ2) is 7.61. The average Bonchev–Trinajstić information content (AvgIpc) is 2.50. The lowest BCUT2D eigenvalue weighted by molar-refractivity contribution is -0.119. The van der Waals surface area contributed by atoms with E-state index in [4.69, 9.17) is 9.47 Å². The van der Waals surface area contributed by atoms with E-state index in [1.165, 1.54) is 33.3 Å². The van der Waals surface area contributed by atoms with Crippen LogP contribution in [0.25, 0.3) is 0 Å². The largest absolute Gasteiger partial charge is 0.496 e. The van der Waals surface area contributed by atoms with E-state index in [0.29, 0.717) is 6.29 Å². The van der Waals surface area contributed by atoms with Gasteiger partial charge in [-0.3, -0.25) is 9.59 Å². The minimum atomic E-state index is -1.30. The molecule has 7 nitrogen and oxygen atoms in total. The van der Waals surface area contributed by atoms with E-state index in [1.807, 2.05) is 0 Å². The van der Waals surface area contributed by atoms with Crippen molar-refractivity contribution in [3.8, 4) is 11.5 Å². The summed E-state index contributed by atoms with van der Waals surface area (Å²) >= 11 is 0. The molecule has 3 N–H and O–H groups in total. The van der Waals surface area contributed by atoms with Crippen molar-refractivity contribution in [3.05, 3.63) is 23.3 Å². The number of rotatable bonds is 7. The zero-order valence-electron chi connectivity index (χ0n) is 12.1. The molecule has 0 spiro atoms. The quantitative estimate of drug-likeness (QED) is 0.614. The first-order chi connectivity index (χ1) is 9.94. The summed E-state index contributed by atoms with van der Waals surface area (Å²) in [4.78, 5) is 21.8. The van der Waals surface area contributed by atoms with Gasteiger partial charge >= 0.3 is 0 Å². The molecule has 1 rings (SSSR count). The third-order valence-electron chi connectivity index (χ3n) is 2.95. The van der Waals surface area contributed by atoms with Crippen molar-refractivity contribution in [3.63, 3.8) is 0 Å². The second-order valence-corrected chi connectivity index (χ2v) is 4.40. The highest BCUT2D eigenvalue weighted by Crippen LogP contribution is 2.33. The van der Waals surface area contributed by atoms with Crippen molar-refractivity contribution in [2.45, 2.75) is 19.1 Å². The monoisotopic (exact) mass is 297 g/mol. The normalized spacial score (nSPS) is 13.2. The van der Waals surface area contributed by atoms with Crippen LogP contribution in [0.3, 0.4) is 0 Å². The molecule has 0 aliphatic rings. The van der Waals surface area contributed by atoms with Gasteiger partial charge in [-0.05, 0) is 12.1 Å². The molecule has 1 aromatic rings. The number of aldehydes is 1. The standard InChI is InChI=1S/C14H19NO6/c1-8(17)15-6-11(18)14(19)10-5-12(20-2)9(7-16)4-13(10)21-3/h4-5,7,11,14,18-19H,6H2,1-3H3,(H,15,17). The second-order valence-electron chi connectivity index (χ2n) is 4.40. The fourth-order valence-corrected chi connectivity index (χ4v) is 1.84. The maximum absolute atomic E-state index is 11.0. The number of nitrogens with one attached hydrogen (secondary N) is 1. The van der Waals surface area contributed by atoms with Crippen molar-refractivity contribution in [1.82, 2.24) is 5.32 Å². The van der Waals surface area contributed by atoms with Gasteiger partial charge < -0.3 is 25.0 Å². The molecule has 1 amide bonds. The van der Waals surface area contributed by atoms with Crippen LogP contribution >= 0.6 is 0 Å². The van der Waals surface area contributed by atoms with Crippen molar-refractivity contribution >= 4 is 12.2 Å². The zero-order chi connectivity index (χ0) is 16.0. The van der Waals surface area contributed by atoms with Crippen LogP contribution in [0.4, 0.5) is 0 Å². The summed E-state index contributed by atoms with van der Waals surface area (Å²) in [6.07, 6.45) is -1.93. The Labute approximate surface area is 122 Å². The highest BCUT2D eigenvalue weighted by atomic mass is 16.5. The summed E-state index contributed by atoms with van der Waals surface area (Å²) in [5, 5.41) is 22.5. The lowest BCUT2D eigenvalue weighted by Crippen LogP contribution is -2.34. The number of carbonyl (C=O) groups is 2. The van der Waals surface area contributed by atoms with Crippen molar-refractivity contribution < 1.29 is 29.3 Å². The molecule has 116 valence electrons. The molecule has 0 radical (unpaired) electrons. The highest BCUT2D eigenvalue weighted by Gasteiger charge is 2.24. The molecule has 7 heteroatoms. The number of ether oxygens (including phenoxy) is 2. The molecule has 0 saturated heterocycles. The number of amides is 1. The molecule has 0 heterocycles. The first-order valence-corrected chi connectivity index (χ1v) is 6.26. The van der Waals surface area contributed by atoms with Crippen molar-refractivity contribution in [1.29, 1.82) is 0 Å². The number of benzene rings is 1. The average molecular weight is 297 g/mol. The van der Waals surface area contributed by atoms with Gasteiger partial charge in [0, 0.05) is 19.0 Å². The van der Waals surface area contributed by atoms with Crippen LogP contribution in [0.2, 0.25) is 0 Å². The molecular formula is C14H19NO6. The summed E-state index contributed by atoms with van der Waals surface area (Å²) in [5.41, 5.74) is 0.527. The predicted molar refractivity (Wildman–Crippen MR) is 74.6 cm³/mol. The summed E-state index contributed by atoms with van der Waals surface area (Å²) in [5.74, 6) is 0.181. The first kappa shape index (κ1) is 16.9. The van der Waals surface area contributed by atoms with E-state index < -0.39 is 12.2 Å². The lowest BCUT2D eigenvalue weighted by Gasteiger charge is -2.21. The number of aliphatic hydroxyl groups is 2. The Morgan fingerprint density at radius 2 is 1.90 bits per heavy atom. The van der Waals surface area contributed by atoms with Gasteiger partial charge in [-0.15, -0.1) is 0 Å². The Balaban J connectivity index is 3.09. The maximum Gasteiger partial charge on any atom is 0.216 e. The van der Waals surface area contributed by atoms with E-state index in [2.05, 4.69) is 5.32 Å². The molecule has 21 heavy (non-hydrogen) atoms. The summed E-state index contributed by atoms with van der Waals surface area (Å²) in [7, 11) is 2.77. The van der Waals surface area contributed by atoms with Crippen LogP contribution in [-0.4, -0.2) is 49.3 Å². The van der Waals surface area contributed by atoms with Gasteiger partial charge in [-0.25, -0.2) is 0 Å². The lowest BCUT2D eigenvalue weighted by atomic mass is 10.0. The van der Waals surface area contributed by atoms with Gasteiger partial charge in [-0.2, -0.15) is 0 Å². The zero-order valence-corrected chi connectivity index (χ0v) is 12.1. The molecule has 0 bridgehead atoms. The third kappa shape index (κ3) is 4.17. The van der Waals surface area contributed by atoms with Gasteiger partial charge in [-0.1, -0.05) is 0 Å². The van der Waals surface area contributed by atoms with E-state index in [-0.39, 0.29) is 35.1 Å². The topological polar surface area (TPSA) is 105 Å². The molecule has 0 aromatic heterocycles. The van der Waals surface area contributed by atoms with Crippen LogP contribution in [-0.2, 0) is 4.79 Å². The molecular weight excluding hydrogens is 278 g/mol. The Hall–Kier alpha value is -2.12. The van der Waals surface area contributed by atoms with Crippen molar-refractivity contribution in [2.24, 2.45) is 0 Å². The summed E-state index contributed by atoms with van der Waals surface area (Å²) in [6, 6.07) is 2.83. The Morgan fingerprint density at radius 3 is 2.38 bits per heavy atom. The molecule has 0 aliphatic heterocycles. The van der Waals surface area contributed by atoms with E-state index >= 15 is 0 Å². The Kier molecular flexibility index (Phi) is 6.13. The first-order valence-electron chi connectivity index (χ1n) is 6.26. The number of hydrogen-bond donors (Lipinski definition) is 3. The number of methoxy groups -OCH3 is 2. The smallest absolute Gasteiger partial charge is 0.216 e. The third-order valence-corrected chi connectivity index (χ3v) is 2.95. The van der Waals surface area contributed by atoms with Gasteiger partial charge in [0.1, 0.15) is 23.7 Å². The predicted octanol–water partition coefficient (Wildman–Crippen LogP) is 0.0467. The van der Waals surface area contributed by atoms with Crippen LogP contribution in [0, 0.1) is 0 Å². The van der Waals surface area contributed by atoms with E-state index in [1.54, 1.807) is 0 Å². The van der Waals surface area contributed by atoms with Crippen LogP contribution in [0.1, 0.15) is 28.9 Å². The SMILES string of the molecule is COc1cc(C(O)C(O)CNC(C)=O)c(OC)cc1C=O. The fourth-order valence-electron chi connectivity index (χ4n) is 1.84.